The van der Waals surface area contributed by atoms with Crippen LogP contribution in [0.1, 0.15) is 36.6 Å². The smallest absolute Gasteiger partial charge is 0.327 e. The van der Waals surface area contributed by atoms with E-state index in [2.05, 4.69) is 16.0 Å². The summed E-state index contributed by atoms with van der Waals surface area (Å²) < 4.78 is -0.697. The van der Waals surface area contributed by atoms with E-state index in [4.69, 9.17) is 12.2 Å². The molecule has 9 nitrogen and oxygen atoms in total. The maximum Gasteiger partial charge on any atom is 0.327 e. The van der Waals surface area contributed by atoms with E-state index < -0.39 is 46.0 Å². The van der Waals surface area contributed by atoms with E-state index in [9.17, 15) is 24.6 Å². The van der Waals surface area contributed by atoms with Gasteiger partial charge in [0.05, 0.1) is 0 Å². The number of carbonyl (C=O) groups is 3. The molecule has 2 saturated heterocycles. The minimum atomic E-state index is -1.07. The third kappa shape index (κ3) is 4.72. The molecule has 11 heteroatoms. The molecule has 2 heterocycles. The molecule has 0 spiro atoms. The van der Waals surface area contributed by atoms with E-state index in [1.165, 1.54) is 28.8 Å². The van der Waals surface area contributed by atoms with Crippen molar-refractivity contribution >= 4 is 52.6 Å². The lowest BCUT2D eigenvalue weighted by atomic mass is 9.95. The average Bonchev–Trinajstić information content (AvgIpc) is 3.07. The van der Waals surface area contributed by atoms with Gasteiger partial charge in [0, 0.05) is 10.4 Å². The summed E-state index contributed by atoms with van der Waals surface area (Å²) in [5, 5.41) is 28.0. The van der Waals surface area contributed by atoms with Crippen LogP contribution in [0.15, 0.2) is 42.5 Å². The minimum absolute atomic E-state index is 0.0445. The standard InChI is InChI=1S/C25H28N4O5S2/c1-12-6-5-7-16(13(12)2)26-24(35)28-17(14-8-10-15(30)11-9-14)20(31)27-18-21(32)29-19(23(33)34)25(3,4)36-22(18)29/h5-11,17-19,22,30H,1-4H3,(H,27,31)(H,33,34)(H2,26,28,35)/t17?,18-,19?,22?/m1/s1. The van der Waals surface area contributed by atoms with Crippen LogP contribution in [0.4, 0.5) is 5.69 Å². The third-order valence-electron chi connectivity index (χ3n) is 6.59. The second-order valence-electron chi connectivity index (χ2n) is 9.45. The monoisotopic (exact) mass is 528 g/mol. The molecule has 2 aromatic carbocycles. The molecule has 2 fully saturated rings. The molecule has 2 aliphatic rings. The van der Waals surface area contributed by atoms with Crippen molar-refractivity contribution in [2.45, 2.75) is 55.9 Å². The predicted molar refractivity (Wildman–Crippen MR) is 142 cm³/mol. The number of fused-ring (bicyclic) bond motifs is 1. The predicted octanol–water partition coefficient (Wildman–Crippen LogP) is 2.67. The molecule has 4 rings (SSSR count). The maximum atomic E-state index is 13.4. The van der Waals surface area contributed by atoms with Crippen LogP contribution in [0.5, 0.6) is 5.75 Å². The Labute approximate surface area is 218 Å². The number of thioether (sulfide) groups is 1. The van der Waals surface area contributed by atoms with Gasteiger partial charge in [0.1, 0.15) is 29.2 Å². The number of carboxylic acid groups (broad SMARTS) is 1. The van der Waals surface area contributed by atoms with Crippen LogP contribution in [-0.2, 0) is 14.4 Å². The van der Waals surface area contributed by atoms with E-state index in [0.29, 0.717) is 5.56 Å². The van der Waals surface area contributed by atoms with Gasteiger partial charge in [-0.25, -0.2) is 4.79 Å². The number of nitrogens with zero attached hydrogens (tertiary/aromatic N) is 1. The second kappa shape index (κ2) is 9.62. The molecule has 0 radical (unpaired) electrons. The number of aliphatic carboxylic acids is 1. The fourth-order valence-electron chi connectivity index (χ4n) is 4.53. The van der Waals surface area contributed by atoms with Crippen molar-refractivity contribution in [3.63, 3.8) is 0 Å². The van der Waals surface area contributed by atoms with Crippen molar-refractivity contribution in [1.82, 2.24) is 15.5 Å². The highest BCUT2D eigenvalue weighted by Crippen LogP contribution is 2.50. The first-order chi connectivity index (χ1) is 16.9. The van der Waals surface area contributed by atoms with E-state index in [1.807, 2.05) is 32.0 Å². The van der Waals surface area contributed by atoms with Gasteiger partial charge in [-0.3, -0.25) is 9.59 Å². The molecule has 190 valence electrons. The summed E-state index contributed by atoms with van der Waals surface area (Å²) in [6, 6.07) is 9.09. The number of thiocarbonyl (C=S) groups is 1. The van der Waals surface area contributed by atoms with Crippen LogP contribution in [-0.4, -0.2) is 60.2 Å². The van der Waals surface area contributed by atoms with Gasteiger partial charge in [0.2, 0.25) is 11.8 Å². The van der Waals surface area contributed by atoms with Crippen molar-refractivity contribution in [3.8, 4) is 5.75 Å². The first-order valence-corrected chi connectivity index (χ1v) is 12.7. The Kier molecular flexibility index (Phi) is 6.89. The number of aryl methyl sites for hydroxylation is 1. The third-order valence-corrected chi connectivity index (χ3v) is 8.38. The molecule has 2 amide bonds. The summed E-state index contributed by atoms with van der Waals surface area (Å²) in [4.78, 5) is 39.4. The number of rotatable bonds is 6. The Bertz CT molecular complexity index is 1230. The molecule has 0 aromatic heterocycles. The molecule has 0 aliphatic carbocycles. The van der Waals surface area contributed by atoms with Crippen LogP contribution in [0.2, 0.25) is 0 Å². The molecule has 0 saturated carbocycles. The lowest BCUT2D eigenvalue weighted by Gasteiger charge is -2.44. The highest BCUT2D eigenvalue weighted by Gasteiger charge is 2.64. The number of aromatic hydroxyl groups is 1. The lowest BCUT2D eigenvalue weighted by Crippen LogP contribution is -2.71. The molecule has 5 N–H and O–H groups in total. The summed E-state index contributed by atoms with van der Waals surface area (Å²) in [6.45, 7) is 7.50. The number of hydrogen-bond donors (Lipinski definition) is 5. The lowest BCUT2D eigenvalue weighted by molar-refractivity contribution is -0.161. The SMILES string of the molecule is Cc1cccc(NC(=S)NC(C(=O)N[C@@H]2C(=O)N3C2SC(C)(C)C3C(=O)O)c2ccc(O)cc2)c1C. The van der Waals surface area contributed by atoms with Crippen LogP contribution < -0.4 is 16.0 Å². The number of phenols is 1. The van der Waals surface area contributed by atoms with E-state index in [-0.39, 0.29) is 10.9 Å². The molecule has 4 atom stereocenters. The number of carboxylic acids is 1. The number of phenolic OH excluding ortho intramolecular Hbond substituents is 1. The minimum Gasteiger partial charge on any atom is -0.508 e. The number of amides is 2. The largest absolute Gasteiger partial charge is 0.508 e. The Balaban J connectivity index is 1.53. The second-order valence-corrected chi connectivity index (χ2v) is 11.6. The Hall–Kier alpha value is -3.31. The first kappa shape index (κ1) is 25.8. The van der Waals surface area contributed by atoms with Gasteiger partial charge in [-0.05, 0) is 74.8 Å². The molecule has 36 heavy (non-hydrogen) atoms. The van der Waals surface area contributed by atoms with Gasteiger partial charge < -0.3 is 31.1 Å². The van der Waals surface area contributed by atoms with Crippen LogP contribution in [0.25, 0.3) is 0 Å². The van der Waals surface area contributed by atoms with Crippen molar-refractivity contribution < 1.29 is 24.6 Å². The molecular weight excluding hydrogens is 500 g/mol. The summed E-state index contributed by atoms with van der Waals surface area (Å²) in [6.07, 6.45) is 0. The van der Waals surface area contributed by atoms with Crippen LogP contribution in [0.3, 0.4) is 0 Å². The van der Waals surface area contributed by atoms with E-state index >= 15 is 0 Å². The van der Waals surface area contributed by atoms with Gasteiger partial charge in [-0.2, -0.15) is 0 Å². The summed E-state index contributed by atoms with van der Waals surface area (Å²) in [5.74, 6) is -1.96. The van der Waals surface area contributed by atoms with E-state index in [1.54, 1.807) is 26.0 Å². The molecule has 0 bridgehead atoms. The molecule has 2 aliphatic heterocycles. The highest BCUT2D eigenvalue weighted by atomic mass is 32.2. The molecule has 2 aromatic rings. The Morgan fingerprint density at radius 2 is 1.81 bits per heavy atom. The summed E-state index contributed by atoms with van der Waals surface area (Å²) in [5.41, 5.74) is 3.43. The van der Waals surface area contributed by atoms with Gasteiger partial charge in [0.15, 0.2) is 5.11 Å². The molecule has 3 unspecified atom stereocenters. The van der Waals surface area contributed by atoms with Crippen molar-refractivity contribution in [1.29, 1.82) is 0 Å². The fourth-order valence-corrected chi connectivity index (χ4v) is 6.38. The zero-order valence-corrected chi connectivity index (χ0v) is 21.9. The number of hydrogen-bond acceptors (Lipinski definition) is 6. The fraction of sp³-hybridized carbons (Fsp3) is 0.360. The summed E-state index contributed by atoms with van der Waals surface area (Å²) in [7, 11) is 0. The Morgan fingerprint density at radius 1 is 1.14 bits per heavy atom. The van der Waals surface area contributed by atoms with Crippen LogP contribution >= 0.6 is 24.0 Å². The molecular formula is C25H28N4O5S2. The zero-order valence-electron chi connectivity index (χ0n) is 20.2. The number of nitrogens with one attached hydrogen (secondary N) is 3. The first-order valence-electron chi connectivity index (χ1n) is 11.4. The number of β-lactam (4-membered cyclic amide) rings is 1. The van der Waals surface area contributed by atoms with Crippen molar-refractivity contribution in [3.05, 3.63) is 59.2 Å². The zero-order chi connectivity index (χ0) is 26.4. The number of anilines is 1. The number of benzene rings is 2. The van der Waals surface area contributed by atoms with E-state index in [0.717, 1.165) is 16.8 Å². The van der Waals surface area contributed by atoms with Gasteiger partial charge >= 0.3 is 5.97 Å². The van der Waals surface area contributed by atoms with Crippen LogP contribution in [0, 0.1) is 13.8 Å². The van der Waals surface area contributed by atoms with Crippen molar-refractivity contribution in [2.24, 2.45) is 0 Å². The summed E-state index contributed by atoms with van der Waals surface area (Å²) >= 11 is 6.85. The Morgan fingerprint density at radius 3 is 2.44 bits per heavy atom. The number of carbonyl (C=O) groups excluding carboxylic acids is 2. The quantitative estimate of drug-likeness (QED) is 0.284. The normalized spacial score (nSPS) is 22.7. The van der Waals surface area contributed by atoms with Gasteiger partial charge in [-0.1, -0.05) is 24.3 Å². The highest BCUT2D eigenvalue weighted by molar-refractivity contribution is 8.01. The maximum absolute atomic E-state index is 13.4. The topological polar surface area (TPSA) is 131 Å². The van der Waals surface area contributed by atoms with Gasteiger partial charge in [0.25, 0.3) is 0 Å². The van der Waals surface area contributed by atoms with Crippen molar-refractivity contribution in [2.75, 3.05) is 5.32 Å². The van der Waals surface area contributed by atoms with Gasteiger partial charge in [-0.15, -0.1) is 11.8 Å². The average molecular weight is 529 g/mol.